The smallest absolute Gasteiger partial charge is 0.135 e. The summed E-state index contributed by atoms with van der Waals surface area (Å²) in [6, 6.07) is 90.8. The summed E-state index contributed by atoms with van der Waals surface area (Å²) in [5, 5.41) is 22.6. The van der Waals surface area contributed by atoms with Crippen molar-refractivity contribution in [3.63, 3.8) is 0 Å². The molecule has 0 radical (unpaired) electrons. The maximum Gasteiger partial charge on any atom is 0.135 e. The van der Waals surface area contributed by atoms with Gasteiger partial charge in [-0.15, -0.1) is 0 Å². The van der Waals surface area contributed by atoms with Gasteiger partial charge in [0.15, 0.2) is 0 Å². The molecule has 0 N–H and O–H groups in total. The Balaban J connectivity index is 1.02. The molecule has 0 aliphatic rings. The number of para-hydroxylation sites is 1. The van der Waals surface area contributed by atoms with Crippen molar-refractivity contribution in [3.05, 3.63) is 243 Å². The second-order valence-corrected chi connectivity index (χ2v) is 19.5. The van der Waals surface area contributed by atoms with Crippen molar-refractivity contribution >= 4 is 108 Å². The van der Waals surface area contributed by atoms with Crippen molar-refractivity contribution in [1.82, 2.24) is 0 Å². The van der Waals surface area contributed by atoms with E-state index in [0.717, 1.165) is 33.1 Å². The standard InChI is InChI=1S/C70H40O/c1-2-10-48-35-50(24-19-41(48)9-1)61-40-62(56-31-26-47-23-21-43-12-8-14-45-28-33-60(56)70(47)67(43)45)55-15-3-4-17-58(55)68(61)53-37-51(49-29-34-65-63(39-49)57-16-5-6-18-64(57)71-65)36-52(38-53)54-30-25-46-22-20-42-11-7-13-44-27-32-59(54)69(46)66(42)44/h1-40H. The predicted molar refractivity (Wildman–Crippen MR) is 303 cm³/mol. The summed E-state index contributed by atoms with van der Waals surface area (Å²) in [6.07, 6.45) is 0. The molecule has 16 rings (SSSR count). The number of fused-ring (bicyclic) bond motifs is 5. The van der Waals surface area contributed by atoms with Gasteiger partial charge in [-0.25, -0.2) is 0 Å². The van der Waals surface area contributed by atoms with Crippen LogP contribution in [0.4, 0.5) is 0 Å². The van der Waals surface area contributed by atoms with Crippen LogP contribution in [0, 0.1) is 0 Å². The molecule has 0 atom stereocenters. The molecule has 16 aromatic rings. The minimum Gasteiger partial charge on any atom is -0.456 e. The molecule has 0 spiro atoms. The Hall–Kier alpha value is -9.30. The first-order valence-electron chi connectivity index (χ1n) is 24.6. The number of hydrogen-bond acceptors (Lipinski definition) is 1. The van der Waals surface area contributed by atoms with Gasteiger partial charge in [0.05, 0.1) is 0 Å². The van der Waals surface area contributed by atoms with Crippen molar-refractivity contribution in [3.8, 4) is 55.6 Å². The van der Waals surface area contributed by atoms with Gasteiger partial charge in [0.1, 0.15) is 11.2 Å². The Morgan fingerprint density at radius 1 is 0.197 bits per heavy atom. The van der Waals surface area contributed by atoms with Crippen LogP contribution in [0.2, 0.25) is 0 Å². The lowest BCUT2D eigenvalue weighted by Crippen LogP contribution is -1.95. The van der Waals surface area contributed by atoms with Crippen molar-refractivity contribution in [2.75, 3.05) is 0 Å². The van der Waals surface area contributed by atoms with Crippen LogP contribution in [0.3, 0.4) is 0 Å². The van der Waals surface area contributed by atoms with E-state index in [1.807, 2.05) is 6.07 Å². The molecule has 0 saturated carbocycles. The summed E-state index contributed by atoms with van der Waals surface area (Å²) < 4.78 is 6.38. The van der Waals surface area contributed by atoms with Gasteiger partial charge in [0, 0.05) is 10.8 Å². The third-order valence-electron chi connectivity index (χ3n) is 15.7. The van der Waals surface area contributed by atoms with Gasteiger partial charge in [-0.1, -0.05) is 194 Å². The topological polar surface area (TPSA) is 13.1 Å². The van der Waals surface area contributed by atoms with E-state index in [1.54, 1.807) is 0 Å². The summed E-state index contributed by atoms with van der Waals surface area (Å²) >= 11 is 0. The second-order valence-electron chi connectivity index (χ2n) is 19.5. The Morgan fingerprint density at radius 2 is 0.704 bits per heavy atom. The van der Waals surface area contributed by atoms with Gasteiger partial charge in [-0.2, -0.15) is 0 Å². The van der Waals surface area contributed by atoms with E-state index in [2.05, 4.69) is 237 Å². The SMILES string of the molecule is c1ccc2cc(-c3cc(-c4ccc5ccc6cccc7ccc4c5c67)c4ccccc4c3-c3cc(-c4ccc5oc6ccccc6c5c4)cc(-c4ccc5ccc6cccc7ccc4c5c67)c3)ccc2c1. The molecule has 0 aliphatic carbocycles. The van der Waals surface area contributed by atoms with E-state index < -0.39 is 0 Å². The molecule has 1 heteroatoms. The fourth-order valence-corrected chi connectivity index (χ4v) is 12.5. The molecule has 1 aromatic heterocycles. The average molecular weight is 897 g/mol. The molecule has 0 aliphatic heterocycles. The lowest BCUT2D eigenvalue weighted by atomic mass is 9.82. The van der Waals surface area contributed by atoms with E-state index in [9.17, 15) is 0 Å². The minimum atomic E-state index is 0.894. The van der Waals surface area contributed by atoms with E-state index in [-0.39, 0.29) is 0 Å². The van der Waals surface area contributed by atoms with E-state index in [1.165, 1.54) is 131 Å². The van der Waals surface area contributed by atoms with Gasteiger partial charge in [0.2, 0.25) is 0 Å². The lowest BCUT2D eigenvalue weighted by Gasteiger charge is -2.21. The predicted octanol–water partition coefficient (Wildman–Crippen LogP) is 20.0. The zero-order valence-corrected chi connectivity index (χ0v) is 38.5. The van der Waals surface area contributed by atoms with Crippen LogP contribution in [-0.2, 0) is 0 Å². The highest BCUT2D eigenvalue weighted by molar-refractivity contribution is 6.28. The van der Waals surface area contributed by atoms with Crippen LogP contribution in [0.15, 0.2) is 247 Å². The lowest BCUT2D eigenvalue weighted by molar-refractivity contribution is 0.669. The van der Waals surface area contributed by atoms with Crippen LogP contribution < -0.4 is 0 Å². The molecule has 71 heavy (non-hydrogen) atoms. The summed E-state index contributed by atoms with van der Waals surface area (Å²) in [6.45, 7) is 0. The molecule has 326 valence electrons. The maximum atomic E-state index is 6.38. The number of furan rings is 1. The van der Waals surface area contributed by atoms with Crippen molar-refractivity contribution in [2.45, 2.75) is 0 Å². The molecule has 1 nitrogen and oxygen atoms in total. The minimum absolute atomic E-state index is 0.894. The largest absolute Gasteiger partial charge is 0.456 e. The highest BCUT2D eigenvalue weighted by Crippen LogP contribution is 2.49. The third-order valence-corrected chi connectivity index (χ3v) is 15.7. The van der Waals surface area contributed by atoms with Gasteiger partial charge in [-0.3, -0.25) is 0 Å². The molecule has 0 unspecified atom stereocenters. The van der Waals surface area contributed by atoms with E-state index in [4.69, 9.17) is 4.42 Å². The molecule has 0 fully saturated rings. The summed E-state index contributed by atoms with van der Waals surface area (Å²) in [5.41, 5.74) is 13.7. The highest BCUT2D eigenvalue weighted by atomic mass is 16.3. The monoisotopic (exact) mass is 896 g/mol. The Bertz CT molecular complexity index is 4840. The first-order valence-corrected chi connectivity index (χ1v) is 24.6. The van der Waals surface area contributed by atoms with Crippen LogP contribution >= 0.6 is 0 Å². The second kappa shape index (κ2) is 14.6. The van der Waals surface area contributed by atoms with Gasteiger partial charge in [-0.05, 0) is 190 Å². The Labute approximate surface area is 408 Å². The van der Waals surface area contributed by atoms with Gasteiger partial charge >= 0.3 is 0 Å². The van der Waals surface area contributed by atoms with Crippen LogP contribution in [-0.4, -0.2) is 0 Å². The van der Waals surface area contributed by atoms with E-state index >= 15 is 0 Å². The zero-order valence-electron chi connectivity index (χ0n) is 38.5. The summed E-state index contributed by atoms with van der Waals surface area (Å²) in [5.74, 6) is 0. The normalized spacial score (nSPS) is 12.2. The Morgan fingerprint density at radius 3 is 1.44 bits per heavy atom. The molecule has 0 bridgehead atoms. The zero-order chi connectivity index (χ0) is 46.3. The summed E-state index contributed by atoms with van der Waals surface area (Å²) in [7, 11) is 0. The quantitative estimate of drug-likeness (QED) is 0.157. The van der Waals surface area contributed by atoms with Gasteiger partial charge in [0.25, 0.3) is 0 Å². The molecular weight excluding hydrogens is 857 g/mol. The van der Waals surface area contributed by atoms with Crippen LogP contribution in [0.25, 0.3) is 164 Å². The fourth-order valence-electron chi connectivity index (χ4n) is 12.5. The van der Waals surface area contributed by atoms with Crippen molar-refractivity contribution < 1.29 is 4.42 Å². The molecule has 1 heterocycles. The van der Waals surface area contributed by atoms with Gasteiger partial charge < -0.3 is 4.42 Å². The number of benzene rings is 15. The first kappa shape index (κ1) is 38.6. The fraction of sp³-hybridized carbons (Fsp3) is 0. The first-order chi connectivity index (χ1) is 35.2. The maximum absolute atomic E-state index is 6.38. The van der Waals surface area contributed by atoms with E-state index in [0.29, 0.717) is 0 Å². The molecule has 0 saturated heterocycles. The van der Waals surface area contributed by atoms with Crippen LogP contribution in [0.1, 0.15) is 0 Å². The number of hydrogen-bond donors (Lipinski definition) is 0. The van der Waals surface area contributed by atoms with Crippen molar-refractivity contribution in [1.29, 1.82) is 0 Å². The average Bonchev–Trinajstić information content (AvgIpc) is 3.81. The van der Waals surface area contributed by atoms with Crippen LogP contribution in [0.5, 0.6) is 0 Å². The highest BCUT2D eigenvalue weighted by Gasteiger charge is 2.22. The molecular formula is C70H40O. The molecule has 0 amide bonds. The molecule has 15 aromatic carbocycles. The van der Waals surface area contributed by atoms with Crippen molar-refractivity contribution in [2.24, 2.45) is 0 Å². The Kier molecular flexibility index (Phi) is 7.95. The third kappa shape index (κ3) is 5.69. The number of rotatable bonds is 5. The summed E-state index contributed by atoms with van der Waals surface area (Å²) in [4.78, 5) is 0.